The van der Waals surface area contributed by atoms with Crippen LogP contribution in [0.25, 0.3) is 5.69 Å². The number of halogens is 2. The number of hydrogen-bond donors (Lipinski definition) is 1. The summed E-state index contributed by atoms with van der Waals surface area (Å²) in [5.74, 6) is -0.316. The van der Waals surface area contributed by atoms with Crippen molar-refractivity contribution in [2.75, 3.05) is 7.11 Å². The van der Waals surface area contributed by atoms with Gasteiger partial charge in [0.05, 0.1) is 24.6 Å². The summed E-state index contributed by atoms with van der Waals surface area (Å²) in [6.45, 7) is 1.80. The average Bonchev–Trinajstić information content (AvgIpc) is 2.66. The molecule has 0 atom stereocenters. The minimum absolute atomic E-state index is 0.224. The number of hydrogen-bond acceptors (Lipinski definition) is 3. The van der Waals surface area contributed by atoms with Gasteiger partial charge in [-0.2, -0.15) is 5.10 Å². The molecule has 0 amide bonds. The molecular formula is C13H14ClFN2O2. The summed E-state index contributed by atoms with van der Waals surface area (Å²) in [5.41, 5.74) is 2.47. The van der Waals surface area contributed by atoms with Gasteiger partial charge in [-0.1, -0.05) is 11.6 Å². The second-order valence-corrected chi connectivity index (χ2v) is 4.51. The molecule has 0 aliphatic heterocycles. The SMILES string of the molecule is COCc1nn(-c2ccc(F)cc2C)c(Cl)c1CO. The summed E-state index contributed by atoms with van der Waals surface area (Å²) in [4.78, 5) is 0. The Morgan fingerprint density at radius 2 is 2.21 bits per heavy atom. The number of nitrogens with zero attached hydrogens (tertiary/aromatic N) is 2. The van der Waals surface area contributed by atoms with Gasteiger partial charge in [0.15, 0.2) is 0 Å². The van der Waals surface area contributed by atoms with Crippen LogP contribution in [0.15, 0.2) is 18.2 Å². The van der Waals surface area contributed by atoms with E-state index in [2.05, 4.69) is 5.10 Å². The smallest absolute Gasteiger partial charge is 0.138 e. The first-order valence-corrected chi connectivity index (χ1v) is 6.09. The molecule has 102 valence electrons. The Bertz CT molecular complexity index is 599. The highest BCUT2D eigenvalue weighted by molar-refractivity contribution is 6.30. The summed E-state index contributed by atoms with van der Waals surface area (Å²) in [7, 11) is 1.54. The molecule has 4 nitrogen and oxygen atoms in total. The van der Waals surface area contributed by atoms with Gasteiger partial charge < -0.3 is 9.84 Å². The minimum atomic E-state index is -0.316. The van der Waals surface area contributed by atoms with Crippen molar-refractivity contribution in [1.29, 1.82) is 0 Å². The quantitative estimate of drug-likeness (QED) is 0.939. The van der Waals surface area contributed by atoms with Crippen LogP contribution in [0.3, 0.4) is 0 Å². The molecular weight excluding hydrogens is 271 g/mol. The molecule has 1 aromatic carbocycles. The lowest BCUT2D eigenvalue weighted by Crippen LogP contribution is -2.01. The second-order valence-electron chi connectivity index (χ2n) is 4.15. The Kier molecular flexibility index (Phi) is 4.19. The molecule has 0 aliphatic rings. The predicted molar refractivity (Wildman–Crippen MR) is 69.9 cm³/mol. The predicted octanol–water partition coefficient (Wildman–Crippen LogP) is 2.61. The molecule has 0 spiro atoms. The lowest BCUT2D eigenvalue weighted by atomic mass is 10.2. The van der Waals surface area contributed by atoms with E-state index in [1.54, 1.807) is 13.0 Å². The topological polar surface area (TPSA) is 47.3 Å². The number of ether oxygens (including phenoxy) is 1. The fraction of sp³-hybridized carbons (Fsp3) is 0.308. The van der Waals surface area contributed by atoms with Gasteiger partial charge in [0.2, 0.25) is 0 Å². The largest absolute Gasteiger partial charge is 0.391 e. The van der Waals surface area contributed by atoms with Gasteiger partial charge in [-0.05, 0) is 30.7 Å². The Hall–Kier alpha value is -1.43. The van der Waals surface area contributed by atoms with Gasteiger partial charge in [-0.15, -0.1) is 0 Å². The van der Waals surface area contributed by atoms with Gasteiger partial charge in [0, 0.05) is 12.7 Å². The normalized spacial score (nSPS) is 11.0. The highest BCUT2D eigenvalue weighted by Crippen LogP contribution is 2.26. The molecule has 0 unspecified atom stereocenters. The van der Waals surface area contributed by atoms with E-state index in [1.807, 2.05) is 0 Å². The van der Waals surface area contributed by atoms with Crippen LogP contribution in [-0.4, -0.2) is 22.0 Å². The molecule has 1 aromatic heterocycles. The van der Waals surface area contributed by atoms with Crippen LogP contribution in [0.5, 0.6) is 0 Å². The fourth-order valence-electron chi connectivity index (χ4n) is 1.90. The molecule has 19 heavy (non-hydrogen) atoms. The zero-order valence-corrected chi connectivity index (χ0v) is 11.4. The van der Waals surface area contributed by atoms with E-state index in [9.17, 15) is 9.50 Å². The van der Waals surface area contributed by atoms with Crippen LogP contribution in [0.2, 0.25) is 5.15 Å². The van der Waals surface area contributed by atoms with Gasteiger partial charge in [-0.3, -0.25) is 0 Å². The summed E-state index contributed by atoms with van der Waals surface area (Å²) in [6, 6.07) is 4.35. The zero-order valence-electron chi connectivity index (χ0n) is 10.7. The number of aliphatic hydroxyl groups is 1. The standard InChI is InChI=1S/C13H14ClFN2O2/c1-8-5-9(15)3-4-12(8)17-13(14)10(6-18)11(16-17)7-19-2/h3-5,18H,6-7H2,1-2H3. The molecule has 1 N–H and O–H groups in total. The first kappa shape index (κ1) is 14.0. The van der Waals surface area contributed by atoms with Crippen molar-refractivity contribution in [3.8, 4) is 5.69 Å². The highest BCUT2D eigenvalue weighted by Gasteiger charge is 2.17. The van der Waals surface area contributed by atoms with Crippen molar-refractivity contribution in [3.05, 3.63) is 46.0 Å². The number of methoxy groups -OCH3 is 1. The molecule has 0 radical (unpaired) electrons. The van der Waals surface area contributed by atoms with E-state index in [1.165, 1.54) is 23.9 Å². The van der Waals surface area contributed by atoms with E-state index in [0.29, 0.717) is 27.7 Å². The monoisotopic (exact) mass is 284 g/mol. The van der Waals surface area contributed by atoms with Crippen LogP contribution < -0.4 is 0 Å². The molecule has 2 rings (SSSR count). The lowest BCUT2D eigenvalue weighted by Gasteiger charge is -2.07. The Morgan fingerprint density at radius 1 is 1.47 bits per heavy atom. The number of aromatic nitrogens is 2. The average molecular weight is 285 g/mol. The van der Waals surface area contributed by atoms with Crippen molar-refractivity contribution in [1.82, 2.24) is 9.78 Å². The van der Waals surface area contributed by atoms with E-state index >= 15 is 0 Å². The van der Waals surface area contributed by atoms with Crippen molar-refractivity contribution in [3.63, 3.8) is 0 Å². The molecule has 0 aliphatic carbocycles. The first-order chi connectivity index (χ1) is 9.08. The number of aliphatic hydroxyl groups excluding tert-OH is 1. The van der Waals surface area contributed by atoms with E-state index in [-0.39, 0.29) is 19.0 Å². The fourth-order valence-corrected chi connectivity index (χ4v) is 2.19. The summed E-state index contributed by atoms with van der Waals surface area (Å²) in [5, 5.41) is 14.0. The van der Waals surface area contributed by atoms with Gasteiger partial charge in [0.25, 0.3) is 0 Å². The summed E-state index contributed by atoms with van der Waals surface area (Å²) >= 11 is 6.20. The highest BCUT2D eigenvalue weighted by atomic mass is 35.5. The molecule has 0 bridgehead atoms. The van der Waals surface area contributed by atoms with Crippen LogP contribution >= 0.6 is 11.6 Å². The molecule has 0 fully saturated rings. The van der Waals surface area contributed by atoms with Gasteiger partial charge in [-0.25, -0.2) is 9.07 Å². The molecule has 0 saturated heterocycles. The number of aryl methyl sites for hydroxylation is 1. The van der Waals surface area contributed by atoms with E-state index in [0.717, 1.165) is 0 Å². The number of benzene rings is 1. The van der Waals surface area contributed by atoms with Crippen LogP contribution in [0, 0.1) is 12.7 Å². The molecule has 2 aromatic rings. The maximum Gasteiger partial charge on any atom is 0.138 e. The Balaban J connectivity index is 2.56. The van der Waals surface area contributed by atoms with Crippen LogP contribution in [0.1, 0.15) is 16.8 Å². The van der Waals surface area contributed by atoms with E-state index < -0.39 is 0 Å². The minimum Gasteiger partial charge on any atom is -0.391 e. The third-order valence-corrected chi connectivity index (χ3v) is 3.22. The Labute approximate surface area is 115 Å². The van der Waals surface area contributed by atoms with Crippen molar-refractivity contribution in [2.45, 2.75) is 20.1 Å². The Morgan fingerprint density at radius 3 is 2.79 bits per heavy atom. The van der Waals surface area contributed by atoms with Gasteiger partial charge >= 0.3 is 0 Å². The van der Waals surface area contributed by atoms with Crippen LogP contribution in [-0.2, 0) is 18.0 Å². The summed E-state index contributed by atoms with van der Waals surface area (Å²) in [6.07, 6.45) is 0. The second kappa shape index (κ2) is 5.69. The molecule has 6 heteroatoms. The first-order valence-electron chi connectivity index (χ1n) is 5.71. The third-order valence-electron chi connectivity index (χ3n) is 2.83. The van der Waals surface area contributed by atoms with Crippen LogP contribution in [0.4, 0.5) is 4.39 Å². The van der Waals surface area contributed by atoms with Crippen molar-refractivity contribution in [2.24, 2.45) is 0 Å². The zero-order chi connectivity index (χ0) is 14.0. The maximum absolute atomic E-state index is 13.1. The number of rotatable bonds is 4. The lowest BCUT2D eigenvalue weighted by molar-refractivity contribution is 0.178. The molecule has 0 saturated carbocycles. The maximum atomic E-state index is 13.1. The van der Waals surface area contributed by atoms with Gasteiger partial charge in [0.1, 0.15) is 11.0 Å². The molecule has 1 heterocycles. The third kappa shape index (κ3) is 2.63. The summed E-state index contributed by atoms with van der Waals surface area (Å²) < 4.78 is 19.6. The van der Waals surface area contributed by atoms with Crippen molar-refractivity contribution < 1.29 is 14.2 Å². The van der Waals surface area contributed by atoms with E-state index in [4.69, 9.17) is 16.3 Å². The van der Waals surface area contributed by atoms with Crippen molar-refractivity contribution >= 4 is 11.6 Å².